The molecular formula is C23H29ClN2O2. The number of halogens is 1. The van der Waals surface area contributed by atoms with Crippen molar-refractivity contribution in [2.45, 2.75) is 59.7 Å². The molecule has 150 valence electrons. The van der Waals surface area contributed by atoms with Gasteiger partial charge in [0.1, 0.15) is 6.04 Å². The van der Waals surface area contributed by atoms with Gasteiger partial charge in [0.2, 0.25) is 11.8 Å². The number of hydrogen-bond donors (Lipinski definition) is 1. The van der Waals surface area contributed by atoms with Crippen molar-refractivity contribution in [1.29, 1.82) is 0 Å². The van der Waals surface area contributed by atoms with Gasteiger partial charge in [0.15, 0.2) is 0 Å². The van der Waals surface area contributed by atoms with E-state index in [9.17, 15) is 9.59 Å². The minimum Gasteiger partial charge on any atom is -0.352 e. The topological polar surface area (TPSA) is 49.4 Å². The number of benzene rings is 2. The van der Waals surface area contributed by atoms with E-state index in [0.717, 1.165) is 22.3 Å². The second kappa shape index (κ2) is 9.74. The predicted octanol–water partition coefficient (Wildman–Crippen LogP) is 4.44. The van der Waals surface area contributed by atoms with Crippen molar-refractivity contribution in [3.05, 3.63) is 69.7 Å². The average molecular weight is 401 g/mol. The Hall–Kier alpha value is -2.33. The van der Waals surface area contributed by atoms with E-state index in [4.69, 9.17) is 11.6 Å². The van der Waals surface area contributed by atoms with Crippen LogP contribution in [0, 0.1) is 13.8 Å². The summed E-state index contributed by atoms with van der Waals surface area (Å²) >= 11 is 6.31. The Labute approximate surface area is 172 Å². The molecule has 1 atom stereocenters. The van der Waals surface area contributed by atoms with Crippen molar-refractivity contribution in [1.82, 2.24) is 10.2 Å². The van der Waals surface area contributed by atoms with E-state index in [-0.39, 0.29) is 30.8 Å². The third-order valence-electron chi connectivity index (χ3n) is 4.74. The van der Waals surface area contributed by atoms with Crippen LogP contribution in [0.2, 0.25) is 5.02 Å². The highest BCUT2D eigenvalue weighted by atomic mass is 35.5. The molecule has 0 radical (unpaired) electrons. The Morgan fingerprint density at radius 3 is 2.36 bits per heavy atom. The van der Waals surface area contributed by atoms with Gasteiger partial charge < -0.3 is 10.2 Å². The standard InChI is InChI=1S/C23H29ClN2O2/c1-15(2)25-23(28)18(5)26(14-19-8-6-7-9-21(19)24)22(27)13-20-12-16(3)10-11-17(20)4/h6-12,15,18H,13-14H2,1-5H3,(H,25,28)/t18-/m0/s1. The van der Waals surface area contributed by atoms with Crippen LogP contribution < -0.4 is 5.32 Å². The van der Waals surface area contributed by atoms with Crippen LogP contribution in [0.5, 0.6) is 0 Å². The van der Waals surface area contributed by atoms with Crippen molar-refractivity contribution in [2.24, 2.45) is 0 Å². The van der Waals surface area contributed by atoms with Crippen LogP contribution in [0.3, 0.4) is 0 Å². The summed E-state index contributed by atoms with van der Waals surface area (Å²) in [5.74, 6) is -0.267. The Bertz CT molecular complexity index is 848. The first-order valence-electron chi connectivity index (χ1n) is 9.58. The minimum absolute atomic E-state index is 0.00577. The van der Waals surface area contributed by atoms with E-state index in [2.05, 4.69) is 5.32 Å². The van der Waals surface area contributed by atoms with Crippen molar-refractivity contribution >= 4 is 23.4 Å². The molecule has 2 rings (SSSR count). The molecule has 0 saturated carbocycles. The molecule has 0 saturated heterocycles. The van der Waals surface area contributed by atoms with Gasteiger partial charge in [0, 0.05) is 17.6 Å². The number of nitrogens with one attached hydrogen (secondary N) is 1. The molecule has 0 aliphatic heterocycles. The van der Waals surface area contributed by atoms with E-state index in [1.165, 1.54) is 0 Å². The molecule has 0 aromatic heterocycles. The zero-order chi connectivity index (χ0) is 20.8. The number of amides is 2. The molecular weight excluding hydrogens is 372 g/mol. The Morgan fingerprint density at radius 1 is 1.04 bits per heavy atom. The summed E-state index contributed by atoms with van der Waals surface area (Å²) in [5, 5.41) is 3.48. The molecule has 28 heavy (non-hydrogen) atoms. The van der Waals surface area contributed by atoms with E-state index in [1.54, 1.807) is 17.9 Å². The van der Waals surface area contributed by atoms with E-state index < -0.39 is 6.04 Å². The molecule has 0 spiro atoms. The van der Waals surface area contributed by atoms with Gasteiger partial charge in [-0.15, -0.1) is 0 Å². The monoisotopic (exact) mass is 400 g/mol. The lowest BCUT2D eigenvalue weighted by molar-refractivity contribution is -0.140. The maximum Gasteiger partial charge on any atom is 0.242 e. The number of carbonyl (C=O) groups excluding carboxylic acids is 2. The third-order valence-corrected chi connectivity index (χ3v) is 5.11. The minimum atomic E-state index is -0.601. The number of aryl methyl sites for hydroxylation is 2. The molecule has 4 nitrogen and oxygen atoms in total. The van der Waals surface area contributed by atoms with Crippen LogP contribution in [0.1, 0.15) is 43.0 Å². The molecule has 0 aliphatic rings. The molecule has 1 N–H and O–H groups in total. The maximum atomic E-state index is 13.2. The largest absolute Gasteiger partial charge is 0.352 e. The highest BCUT2D eigenvalue weighted by Gasteiger charge is 2.27. The lowest BCUT2D eigenvalue weighted by Crippen LogP contribution is -2.49. The predicted molar refractivity (Wildman–Crippen MR) is 114 cm³/mol. The zero-order valence-corrected chi connectivity index (χ0v) is 18.0. The smallest absolute Gasteiger partial charge is 0.242 e. The van der Waals surface area contributed by atoms with Gasteiger partial charge in [-0.25, -0.2) is 0 Å². The second-order valence-corrected chi connectivity index (χ2v) is 7.97. The summed E-state index contributed by atoms with van der Waals surface area (Å²) in [4.78, 5) is 27.4. The lowest BCUT2D eigenvalue weighted by Gasteiger charge is -2.30. The maximum absolute atomic E-state index is 13.2. The number of hydrogen-bond acceptors (Lipinski definition) is 2. The van der Waals surface area contributed by atoms with Crippen LogP contribution in [-0.4, -0.2) is 28.8 Å². The normalized spacial score (nSPS) is 12.0. The molecule has 5 heteroatoms. The fourth-order valence-electron chi connectivity index (χ4n) is 3.05. The van der Waals surface area contributed by atoms with Crippen LogP contribution in [0.4, 0.5) is 0 Å². The summed E-state index contributed by atoms with van der Waals surface area (Å²) in [6.45, 7) is 9.86. The van der Waals surface area contributed by atoms with Crippen molar-refractivity contribution in [3.8, 4) is 0 Å². The SMILES string of the molecule is Cc1ccc(C)c(CC(=O)N(Cc2ccccc2Cl)[C@@H](C)C(=O)NC(C)C)c1. The molecule has 2 aromatic rings. The molecule has 2 aromatic carbocycles. The van der Waals surface area contributed by atoms with E-state index in [0.29, 0.717) is 5.02 Å². The van der Waals surface area contributed by atoms with E-state index in [1.807, 2.05) is 64.1 Å². The molecule has 2 amide bonds. The second-order valence-electron chi connectivity index (χ2n) is 7.56. The van der Waals surface area contributed by atoms with E-state index >= 15 is 0 Å². The Kier molecular flexibility index (Phi) is 7.64. The van der Waals surface area contributed by atoms with Crippen LogP contribution in [0.25, 0.3) is 0 Å². The van der Waals surface area contributed by atoms with Gasteiger partial charge in [-0.2, -0.15) is 0 Å². The summed E-state index contributed by atoms with van der Waals surface area (Å²) in [7, 11) is 0. The number of nitrogens with zero attached hydrogens (tertiary/aromatic N) is 1. The lowest BCUT2D eigenvalue weighted by atomic mass is 10.0. The fourth-order valence-corrected chi connectivity index (χ4v) is 3.25. The molecule has 0 aliphatic carbocycles. The first-order chi connectivity index (χ1) is 13.2. The van der Waals surface area contributed by atoms with Gasteiger partial charge in [0.25, 0.3) is 0 Å². The molecule has 0 bridgehead atoms. The van der Waals surface area contributed by atoms with Gasteiger partial charge in [-0.1, -0.05) is 53.6 Å². The van der Waals surface area contributed by atoms with Crippen molar-refractivity contribution < 1.29 is 9.59 Å². The quantitative estimate of drug-likeness (QED) is 0.746. The number of rotatable bonds is 7. The van der Waals surface area contributed by atoms with Gasteiger partial charge in [-0.05, 0) is 57.4 Å². The first kappa shape index (κ1) is 22.0. The summed E-state index contributed by atoms with van der Waals surface area (Å²) < 4.78 is 0. The number of carbonyl (C=O) groups is 2. The van der Waals surface area contributed by atoms with Crippen molar-refractivity contribution in [3.63, 3.8) is 0 Å². The fraction of sp³-hybridized carbons (Fsp3) is 0.391. The summed E-state index contributed by atoms with van der Waals surface area (Å²) in [5.41, 5.74) is 3.97. The summed E-state index contributed by atoms with van der Waals surface area (Å²) in [6, 6.07) is 12.9. The van der Waals surface area contributed by atoms with Crippen LogP contribution in [-0.2, 0) is 22.6 Å². The average Bonchev–Trinajstić information content (AvgIpc) is 2.62. The molecule has 0 fully saturated rings. The van der Waals surface area contributed by atoms with Crippen LogP contribution >= 0.6 is 11.6 Å². The molecule has 0 heterocycles. The highest BCUT2D eigenvalue weighted by molar-refractivity contribution is 6.31. The van der Waals surface area contributed by atoms with Gasteiger partial charge in [-0.3, -0.25) is 9.59 Å². The molecule has 0 unspecified atom stereocenters. The van der Waals surface area contributed by atoms with Crippen molar-refractivity contribution in [2.75, 3.05) is 0 Å². The van der Waals surface area contributed by atoms with Gasteiger partial charge in [0.05, 0.1) is 6.42 Å². The van der Waals surface area contributed by atoms with Gasteiger partial charge >= 0.3 is 0 Å². The van der Waals surface area contributed by atoms with Crippen LogP contribution in [0.15, 0.2) is 42.5 Å². The Morgan fingerprint density at radius 2 is 1.71 bits per heavy atom. The zero-order valence-electron chi connectivity index (χ0n) is 17.3. The summed E-state index contributed by atoms with van der Waals surface area (Å²) in [6.07, 6.45) is 0.247. The first-order valence-corrected chi connectivity index (χ1v) is 9.96. The Balaban J connectivity index is 2.30. The highest BCUT2D eigenvalue weighted by Crippen LogP contribution is 2.20. The third kappa shape index (κ3) is 5.83.